The lowest BCUT2D eigenvalue weighted by Gasteiger charge is -2.51. The minimum atomic E-state index is -1.14. The molecule has 8 aromatic rings. The lowest BCUT2D eigenvalue weighted by Crippen LogP contribution is -2.66. The number of terminal acetylenes is 1. The van der Waals surface area contributed by atoms with E-state index in [-0.39, 0.29) is 70.4 Å². The molecule has 0 saturated carbocycles. The average molecular weight is 1330 g/mol. The van der Waals surface area contributed by atoms with E-state index < -0.39 is 46.8 Å². The summed E-state index contributed by atoms with van der Waals surface area (Å²) >= 11 is 0. The number of nitriles is 1. The molecule has 23 nitrogen and oxygen atoms in total. The second-order valence-corrected chi connectivity index (χ2v) is 27.4. The molecule has 6 aliphatic heterocycles. The second kappa shape index (κ2) is 27.8. The number of piperidine rings is 2. The van der Waals surface area contributed by atoms with Gasteiger partial charge in [-0.25, -0.2) is 38.1 Å². The van der Waals surface area contributed by atoms with Gasteiger partial charge in [0.15, 0.2) is 11.3 Å². The van der Waals surface area contributed by atoms with E-state index in [9.17, 15) is 10.1 Å². The molecular weight excluding hydrogens is 1250 g/mol. The van der Waals surface area contributed by atoms with Gasteiger partial charge in [0, 0.05) is 113 Å². The third-order valence-corrected chi connectivity index (χ3v) is 20.7. The number of nitrogens with one attached hydrogen (secondary N) is 1. The molecule has 0 bridgehead atoms. The molecule has 10 heterocycles. The number of benzene rings is 4. The Hall–Kier alpha value is -9.47. The zero-order valence-electron chi connectivity index (χ0n) is 55.6. The molecule has 4 aromatic carbocycles. The fourth-order valence-corrected chi connectivity index (χ4v) is 14.9. The van der Waals surface area contributed by atoms with Crippen molar-refractivity contribution in [3.05, 3.63) is 133 Å². The highest BCUT2D eigenvalue weighted by Crippen LogP contribution is 2.42. The molecule has 25 heteroatoms. The Morgan fingerprint density at radius 2 is 1.14 bits per heavy atom. The minimum Gasteiger partial charge on any atom is -0.457 e. The fourth-order valence-electron chi connectivity index (χ4n) is 14.9. The van der Waals surface area contributed by atoms with Gasteiger partial charge in [0.05, 0.1) is 67.4 Å². The number of ether oxygens (including phenoxy) is 4. The quantitative estimate of drug-likeness (QED) is 0.0436. The van der Waals surface area contributed by atoms with Crippen LogP contribution in [0.4, 0.5) is 20.4 Å². The average Bonchev–Trinajstić information content (AvgIpc) is 1.55. The standard InChI is InChI=1S/C73H81F2N17O6/c1-6-56(71(94)88-26-14-16-49(40-88)91-68-61(66(77)78-45-80-68)63(83-91)57-23-21-54(35-59(57)74)97-52-17-9-7-10-18-52)65(73(4,5)90-33-29-86(30-34-90)51-43-96-44-51)82-67-62-64(58-24-22-55(36-60(58)75)98-53-19-11-8-12-20-53)84-92(69(62)81-46-79-67)48-15-13-25-87(39-48)70(93)47(38-76)37-72(2,3)89-31-27-85(28-32-89)50-41-95-42-50/h1,7-12,17-24,35-37,45-46,48-51,56,65H,13-16,25-34,39-44H2,2-5H3,(H2,77,78,80)(H,79,81,82)/t48-,49-,56?,65?/m1/s1. The van der Waals surface area contributed by atoms with Gasteiger partial charge in [-0.05, 0) is 108 Å². The molecule has 6 fully saturated rings. The molecule has 0 aliphatic carbocycles. The molecule has 2 unspecified atom stereocenters. The number of hydrogen-bond acceptors (Lipinski definition) is 19. The van der Waals surface area contributed by atoms with Gasteiger partial charge in [-0.15, -0.1) is 6.42 Å². The van der Waals surface area contributed by atoms with Crippen LogP contribution in [0.25, 0.3) is 44.6 Å². The summed E-state index contributed by atoms with van der Waals surface area (Å²) in [6.07, 6.45) is 13.7. The van der Waals surface area contributed by atoms with Crippen molar-refractivity contribution in [2.24, 2.45) is 5.92 Å². The highest BCUT2D eigenvalue weighted by Gasteiger charge is 2.47. The van der Waals surface area contributed by atoms with E-state index in [2.05, 4.69) is 60.7 Å². The van der Waals surface area contributed by atoms with E-state index in [0.717, 1.165) is 52.5 Å². The van der Waals surface area contributed by atoms with Crippen LogP contribution in [0, 0.1) is 41.2 Å². The maximum Gasteiger partial charge on any atom is 0.264 e. The monoisotopic (exact) mass is 1330 g/mol. The van der Waals surface area contributed by atoms with E-state index >= 15 is 13.6 Å². The first-order valence-electron chi connectivity index (χ1n) is 33.9. The Labute approximate surface area is 568 Å². The zero-order valence-corrected chi connectivity index (χ0v) is 55.6. The maximum absolute atomic E-state index is 17.3. The first-order chi connectivity index (χ1) is 47.5. The van der Waals surface area contributed by atoms with Gasteiger partial charge in [-0.2, -0.15) is 15.5 Å². The van der Waals surface area contributed by atoms with Crippen LogP contribution in [0.3, 0.4) is 0 Å². The van der Waals surface area contributed by atoms with Crippen molar-refractivity contribution in [2.75, 3.05) is 116 Å². The molecule has 0 spiro atoms. The number of aromatic nitrogens is 8. The summed E-state index contributed by atoms with van der Waals surface area (Å²) in [6.45, 7) is 18.4. The summed E-state index contributed by atoms with van der Waals surface area (Å²) in [5, 5.41) is 25.5. The molecule has 14 rings (SSSR count). The number of piperazine rings is 2. The third-order valence-electron chi connectivity index (χ3n) is 20.7. The van der Waals surface area contributed by atoms with E-state index in [4.69, 9.17) is 51.3 Å². The fraction of sp³-hybridized carbons (Fsp3) is 0.438. The molecule has 4 atom stereocenters. The number of nitrogens with two attached hydrogens (primary N) is 1. The Bertz CT molecular complexity index is 4360. The number of carbonyl (C=O) groups excluding carboxylic acids is 2. The van der Waals surface area contributed by atoms with Gasteiger partial charge in [0.1, 0.15) is 87.9 Å². The molecule has 2 amide bonds. The summed E-state index contributed by atoms with van der Waals surface area (Å²) < 4.78 is 60.3. The van der Waals surface area contributed by atoms with Crippen molar-refractivity contribution in [1.29, 1.82) is 5.26 Å². The van der Waals surface area contributed by atoms with Gasteiger partial charge in [-0.3, -0.25) is 29.2 Å². The Balaban J connectivity index is 0.800. The third kappa shape index (κ3) is 13.1. The lowest BCUT2D eigenvalue weighted by molar-refractivity contribution is -0.137. The van der Waals surface area contributed by atoms with E-state index in [1.807, 2.05) is 50.2 Å². The van der Waals surface area contributed by atoms with Crippen LogP contribution in [-0.4, -0.2) is 215 Å². The van der Waals surface area contributed by atoms with Gasteiger partial charge >= 0.3 is 0 Å². The second-order valence-electron chi connectivity index (χ2n) is 27.4. The van der Waals surface area contributed by atoms with Crippen LogP contribution >= 0.6 is 0 Å². The maximum atomic E-state index is 17.3. The van der Waals surface area contributed by atoms with Gasteiger partial charge in [0.2, 0.25) is 5.91 Å². The molecule has 98 heavy (non-hydrogen) atoms. The minimum absolute atomic E-state index is 0.0585. The van der Waals surface area contributed by atoms with Crippen LogP contribution in [0.1, 0.15) is 65.5 Å². The zero-order chi connectivity index (χ0) is 67.8. The number of nitrogen functional groups attached to an aromatic ring is 1. The van der Waals surface area contributed by atoms with Gasteiger partial charge in [0.25, 0.3) is 5.91 Å². The number of rotatable bonds is 19. The Morgan fingerprint density at radius 1 is 0.643 bits per heavy atom. The van der Waals surface area contributed by atoms with Crippen LogP contribution < -0.4 is 20.5 Å². The number of hydrogen-bond donors (Lipinski definition) is 2. The first kappa shape index (κ1) is 65.8. The topological polar surface area (TPSA) is 240 Å². The van der Waals surface area contributed by atoms with Crippen molar-refractivity contribution in [3.8, 4) is 63.9 Å². The Morgan fingerprint density at radius 3 is 1.65 bits per heavy atom. The summed E-state index contributed by atoms with van der Waals surface area (Å²) in [7, 11) is 0. The van der Waals surface area contributed by atoms with Crippen molar-refractivity contribution >= 4 is 45.5 Å². The molecule has 6 aliphatic rings. The van der Waals surface area contributed by atoms with Crippen molar-refractivity contribution < 1.29 is 37.3 Å². The number of anilines is 2. The highest BCUT2D eigenvalue weighted by atomic mass is 19.1. The number of fused-ring (bicyclic) bond motifs is 2. The molecular formula is C73H81F2N17O6. The molecule has 508 valence electrons. The summed E-state index contributed by atoms with van der Waals surface area (Å²) in [5.41, 5.74) is 6.67. The van der Waals surface area contributed by atoms with Crippen LogP contribution in [-0.2, 0) is 19.1 Å². The summed E-state index contributed by atoms with van der Waals surface area (Å²) in [5.74, 6) is 1.95. The normalized spacial score (nSPS) is 20.5. The van der Waals surface area contributed by atoms with Crippen molar-refractivity contribution in [3.63, 3.8) is 0 Å². The Kier molecular flexibility index (Phi) is 18.7. The van der Waals surface area contributed by atoms with Crippen molar-refractivity contribution in [1.82, 2.24) is 68.9 Å². The number of para-hydroxylation sites is 2. The number of nitrogens with zero attached hydrogens (tertiary/aromatic N) is 15. The summed E-state index contributed by atoms with van der Waals surface area (Å²) in [6, 6.07) is 28.6. The largest absolute Gasteiger partial charge is 0.457 e. The van der Waals surface area contributed by atoms with Gasteiger partial charge in [-0.1, -0.05) is 42.3 Å². The smallest absolute Gasteiger partial charge is 0.264 e. The van der Waals surface area contributed by atoms with Crippen LogP contribution in [0.2, 0.25) is 0 Å². The molecule has 0 radical (unpaired) electrons. The van der Waals surface area contributed by atoms with E-state index in [0.29, 0.717) is 116 Å². The predicted octanol–water partition coefficient (Wildman–Crippen LogP) is 8.84. The predicted molar refractivity (Wildman–Crippen MR) is 366 cm³/mol. The van der Waals surface area contributed by atoms with Crippen molar-refractivity contribution in [2.45, 2.75) is 94.7 Å². The molecule has 3 N–H and O–H groups in total. The first-order valence-corrected chi connectivity index (χ1v) is 33.9. The summed E-state index contributed by atoms with van der Waals surface area (Å²) in [4.78, 5) is 62.5. The SMILES string of the molecule is C#CC(C(=O)N1CCC[C@@H](n2nc(-c3ccc(Oc4ccccc4)cc3F)c3c(N)ncnc32)C1)C(Nc1ncnc2c1c(-c1ccc(Oc3ccccc3)cc1F)nn2[C@@H]1CCCN(C(=O)C(C#N)=CC(C)(C)N2CCN(C3COC3)CC2)C1)C(C)(C)N1CCN(C2COC2)CC1. The highest BCUT2D eigenvalue weighted by molar-refractivity contribution is 6.01. The number of amides is 2. The molecule has 4 aromatic heterocycles. The van der Waals surface area contributed by atoms with E-state index in [1.165, 1.54) is 24.8 Å². The van der Waals surface area contributed by atoms with Crippen LogP contribution in [0.15, 0.2) is 121 Å². The number of carbonyl (C=O) groups is 2. The van der Waals surface area contributed by atoms with E-state index in [1.54, 1.807) is 73.8 Å². The number of likely N-dealkylation sites (tertiary alicyclic amines) is 2. The van der Waals surface area contributed by atoms with Crippen LogP contribution in [0.5, 0.6) is 23.0 Å². The molecule has 6 saturated heterocycles. The lowest BCUT2D eigenvalue weighted by atomic mass is 9.81. The van der Waals surface area contributed by atoms with Gasteiger partial charge < -0.3 is 39.8 Å². The number of halogens is 2.